The van der Waals surface area contributed by atoms with Gasteiger partial charge in [-0.3, -0.25) is 19.3 Å². The fourth-order valence-corrected chi connectivity index (χ4v) is 13.5. The smallest absolute Gasteiger partial charge is 0.318 e. The number of carbonyl (C=O) groups is 3. The van der Waals surface area contributed by atoms with Crippen LogP contribution in [-0.4, -0.2) is 127 Å². The number of likely N-dealkylation sites (tertiary alicyclic amines) is 2. The largest absolute Gasteiger partial charge is 0.462 e. The number of carbonyl (C=O) groups excluding carboxylic acids is 3. The van der Waals surface area contributed by atoms with Crippen molar-refractivity contribution < 1.29 is 23.9 Å². The third-order valence-electron chi connectivity index (χ3n) is 16.6. The molecular weight excluding hydrogens is 994 g/mol. The minimum Gasteiger partial charge on any atom is -0.462 e. The lowest BCUT2D eigenvalue weighted by molar-refractivity contribution is -0.144. The molecule has 2 bridgehead atoms. The van der Waals surface area contributed by atoms with Crippen LogP contribution in [0.15, 0.2) is 77.7 Å². The average Bonchev–Trinajstić information content (AvgIpc) is 4.16. The number of rotatable bonds is 18. The Morgan fingerprint density at radius 2 is 1.70 bits per heavy atom. The quantitative estimate of drug-likeness (QED) is 0.0818. The number of allylic oxidation sites excluding steroid dienone is 2. The lowest BCUT2D eigenvalue weighted by Gasteiger charge is -2.37. The van der Waals surface area contributed by atoms with Crippen molar-refractivity contribution in [3.63, 3.8) is 0 Å². The van der Waals surface area contributed by atoms with E-state index in [1.54, 1.807) is 16.7 Å². The molecule has 1 aromatic heterocycles. The zero-order valence-corrected chi connectivity index (χ0v) is 46.8. The van der Waals surface area contributed by atoms with E-state index in [0.29, 0.717) is 63.3 Å². The highest BCUT2D eigenvalue weighted by Gasteiger charge is 2.42. The van der Waals surface area contributed by atoms with Crippen molar-refractivity contribution >= 4 is 68.3 Å². The van der Waals surface area contributed by atoms with Crippen LogP contribution in [-0.2, 0) is 38.6 Å². The van der Waals surface area contributed by atoms with Crippen molar-refractivity contribution in [1.29, 1.82) is 0 Å². The van der Waals surface area contributed by atoms with E-state index in [0.717, 1.165) is 110 Å². The Hall–Kier alpha value is -5.19. The number of fused-ring (bicyclic) bond motifs is 4. The van der Waals surface area contributed by atoms with E-state index in [9.17, 15) is 14.4 Å². The summed E-state index contributed by atoms with van der Waals surface area (Å²) in [5, 5.41) is 15.0. The molecule has 3 unspecified atom stereocenters. The molecular formula is C60H78ClN9O5S. The van der Waals surface area contributed by atoms with E-state index in [1.165, 1.54) is 34.4 Å². The highest BCUT2D eigenvalue weighted by molar-refractivity contribution is 8.11. The first kappa shape index (κ1) is 54.2. The van der Waals surface area contributed by atoms with Gasteiger partial charge in [0.05, 0.1) is 23.9 Å². The van der Waals surface area contributed by atoms with E-state index >= 15 is 0 Å². The van der Waals surface area contributed by atoms with Gasteiger partial charge in [-0.25, -0.2) is 0 Å². The molecule has 3 amide bonds. The van der Waals surface area contributed by atoms with Gasteiger partial charge in [-0.2, -0.15) is 9.97 Å². The molecule has 406 valence electrons. The fourth-order valence-electron chi connectivity index (χ4n) is 12.2. The standard InChI is InChI=1S/C60H78ClN9O5S/c1-39-12-10-33-76-54(40(39)2)43-21-19-41(20-22-43)34-62-57(72)51-18-9-29-70(51)58(73)55(60(3,4)5)65-52(71)26-32-74-31-11-28-67-27-8-15-46(67)38-75-59-64-49-37-68(50-17-7-14-42-13-6-16-48(61)53(42)50)30-25-47(49)56(66-59)69-35-44-23-24-45(36-69)63-44/h6-7,10,13-14,16-17,19-22,33,39,44-46,51,55,63H,8-9,11-12,15,18,23-32,34-38H2,1-5H3,(H,62,72)(H,65,71)/t39?,44?,45?,46-,51-,55+/m0/s1. The SMILES string of the molecule is CC1=C(c2ccc(CNC(=O)[C@@H]3CCCN3C(=O)[C@@H](NC(=O)CCOCCCN3CCC[C@H]3COc3nc4c(c(N5CC6CCC(C5)N6)n3)CCN(c3cccc5cccc(Cl)c35)C4)C(C)(C)C)cc2)SC=CCC1C. The Balaban J connectivity index is 0.685. The maximum atomic E-state index is 14.2. The Labute approximate surface area is 459 Å². The first-order chi connectivity index (χ1) is 36.8. The fraction of sp³-hybridized carbons (Fsp3) is 0.550. The lowest BCUT2D eigenvalue weighted by Crippen LogP contribution is -2.57. The second-order valence-electron chi connectivity index (χ2n) is 23.1. The van der Waals surface area contributed by atoms with Crippen LogP contribution in [0.2, 0.25) is 5.02 Å². The van der Waals surface area contributed by atoms with Gasteiger partial charge in [-0.15, -0.1) is 0 Å². The molecule has 16 heteroatoms. The Morgan fingerprint density at radius 1 is 0.921 bits per heavy atom. The van der Waals surface area contributed by atoms with Crippen LogP contribution in [0.5, 0.6) is 6.01 Å². The first-order valence-electron chi connectivity index (χ1n) is 28.0. The molecule has 4 saturated heterocycles. The second kappa shape index (κ2) is 24.2. The zero-order chi connectivity index (χ0) is 52.9. The summed E-state index contributed by atoms with van der Waals surface area (Å²) >= 11 is 8.58. The van der Waals surface area contributed by atoms with Crippen molar-refractivity contribution in [3.05, 3.63) is 105 Å². The molecule has 3 N–H and O–H groups in total. The van der Waals surface area contributed by atoms with E-state index in [2.05, 4.69) is 105 Å². The Kier molecular flexibility index (Phi) is 17.3. The van der Waals surface area contributed by atoms with Gasteiger partial charge in [0.25, 0.3) is 0 Å². The van der Waals surface area contributed by atoms with Gasteiger partial charge < -0.3 is 40.1 Å². The van der Waals surface area contributed by atoms with Crippen LogP contribution in [0.3, 0.4) is 0 Å². The molecule has 6 aliphatic heterocycles. The van der Waals surface area contributed by atoms with Crippen LogP contribution >= 0.6 is 23.4 Å². The number of hydrogen-bond acceptors (Lipinski definition) is 12. The molecule has 0 spiro atoms. The molecule has 4 aromatic rings. The van der Waals surface area contributed by atoms with Crippen LogP contribution in [0.4, 0.5) is 11.5 Å². The maximum absolute atomic E-state index is 14.2. The highest BCUT2D eigenvalue weighted by atomic mass is 35.5. The van der Waals surface area contributed by atoms with Gasteiger partial charge in [0.1, 0.15) is 24.5 Å². The molecule has 0 aliphatic carbocycles. The second-order valence-corrected chi connectivity index (χ2v) is 24.4. The van der Waals surface area contributed by atoms with E-state index in [-0.39, 0.29) is 36.8 Å². The Bertz CT molecular complexity index is 2780. The number of nitrogens with zero attached hydrogens (tertiary/aromatic N) is 6. The van der Waals surface area contributed by atoms with Crippen molar-refractivity contribution in [2.24, 2.45) is 11.3 Å². The summed E-state index contributed by atoms with van der Waals surface area (Å²) in [5.74, 6) is 0.895. The number of aromatic nitrogens is 2. The monoisotopic (exact) mass is 1070 g/mol. The van der Waals surface area contributed by atoms with Gasteiger partial charge in [0, 0.05) is 92.0 Å². The topological polar surface area (TPSA) is 144 Å². The zero-order valence-electron chi connectivity index (χ0n) is 45.3. The van der Waals surface area contributed by atoms with E-state index in [4.69, 9.17) is 31.0 Å². The number of piperazine rings is 1. The number of anilines is 2. The number of hydrogen-bond donors (Lipinski definition) is 3. The number of thioether (sulfide) groups is 1. The molecule has 14 nitrogen and oxygen atoms in total. The first-order valence-corrected chi connectivity index (χ1v) is 29.3. The predicted octanol–water partition coefficient (Wildman–Crippen LogP) is 9.28. The molecule has 3 aromatic carbocycles. The molecule has 0 saturated carbocycles. The molecule has 6 aliphatic rings. The number of halogens is 1. The number of ether oxygens (including phenoxy) is 2. The minimum atomic E-state index is -0.785. The summed E-state index contributed by atoms with van der Waals surface area (Å²) in [6.45, 7) is 17.7. The minimum absolute atomic E-state index is 0.138. The molecule has 7 heterocycles. The third-order valence-corrected chi connectivity index (χ3v) is 18.1. The third kappa shape index (κ3) is 12.5. The van der Waals surface area contributed by atoms with Gasteiger partial charge >= 0.3 is 6.01 Å². The van der Waals surface area contributed by atoms with Crippen molar-refractivity contribution in [2.75, 3.05) is 68.9 Å². The molecule has 4 fully saturated rings. The highest BCUT2D eigenvalue weighted by Crippen LogP contribution is 2.40. The summed E-state index contributed by atoms with van der Waals surface area (Å²) in [6.07, 6.45) is 10.9. The molecule has 76 heavy (non-hydrogen) atoms. The maximum Gasteiger partial charge on any atom is 0.318 e. The lowest BCUT2D eigenvalue weighted by atomic mass is 9.85. The predicted molar refractivity (Wildman–Crippen MR) is 306 cm³/mol. The summed E-state index contributed by atoms with van der Waals surface area (Å²) in [7, 11) is 0. The Morgan fingerprint density at radius 3 is 2.49 bits per heavy atom. The van der Waals surface area contributed by atoms with Crippen molar-refractivity contribution in [2.45, 2.75) is 142 Å². The van der Waals surface area contributed by atoms with Gasteiger partial charge in [0.2, 0.25) is 17.7 Å². The average molecular weight is 1070 g/mol. The van der Waals surface area contributed by atoms with Crippen molar-refractivity contribution in [3.8, 4) is 6.01 Å². The number of benzene rings is 3. The molecule has 6 atom stereocenters. The normalized spacial score (nSPS) is 23.2. The van der Waals surface area contributed by atoms with Crippen molar-refractivity contribution in [1.82, 2.24) is 35.7 Å². The van der Waals surface area contributed by atoms with Crippen LogP contribution < -0.4 is 30.5 Å². The van der Waals surface area contributed by atoms with Gasteiger partial charge in [-0.05, 0) is 117 Å². The summed E-state index contributed by atoms with van der Waals surface area (Å²) < 4.78 is 12.6. The van der Waals surface area contributed by atoms with Crippen LogP contribution in [0.25, 0.3) is 15.7 Å². The van der Waals surface area contributed by atoms with Gasteiger partial charge in [-0.1, -0.05) is 111 Å². The number of amides is 3. The summed E-state index contributed by atoms with van der Waals surface area (Å²) in [6, 6.07) is 21.2. The van der Waals surface area contributed by atoms with Gasteiger partial charge in [0.15, 0.2) is 0 Å². The summed E-state index contributed by atoms with van der Waals surface area (Å²) in [5.41, 5.74) is 6.38. The van der Waals surface area contributed by atoms with Crippen LogP contribution in [0.1, 0.15) is 115 Å². The molecule has 0 radical (unpaired) electrons. The van der Waals surface area contributed by atoms with Crippen LogP contribution in [0, 0.1) is 11.3 Å². The van der Waals surface area contributed by atoms with E-state index < -0.39 is 17.5 Å². The van der Waals surface area contributed by atoms with E-state index in [1.807, 2.05) is 32.9 Å². The molecule has 10 rings (SSSR count). The summed E-state index contributed by atoms with van der Waals surface area (Å²) in [4.78, 5) is 61.9. The number of nitrogens with one attached hydrogen (secondary N) is 3.